The number of hydrogen-bond acceptors (Lipinski definition) is 5. The number of nitrogens with one attached hydrogen (secondary N) is 1. The van der Waals surface area contributed by atoms with Gasteiger partial charge in [-0.25, -0.2) is 0 Å². The molecular formula is C16H24N4OS. The van der Waals surface area contributed by atoms with E-state index < -0.39 is 0 Å². The molecule has 1 aliphatic rings. The molecule has 3 rings (SSSR count). The van der Waals surface area contributed by atoms with Crippen LogP contribution in [0.4, 0.5) is 0 Å². The summed E-state index contributed by atoms with van der Waals surface area (Å²) in [6, 6.07) is 4.61. The number of thiophene rings is 1. The Morgan fingerprint density at radius 1 is 1.50 bits per heavy atom. The van der Waals surface area contributed by atoms with Crippen LogP contribution in [-0.2, 0) is 6.54 Å². The van der Waals surface area contributed by atoms with Gasteiger partial charge in [-0.05, 0) is 44.4 Å². The summed E-state index contributed by atoms with van der Waals surface area (Å²) in [5.41, 5.74) is 2.39. The van der Waals surface area contributed by atoms with Crippen LogP contribution >= 0.6 is 11.3 Å². The van der Waals surface area contributed by atoms with E-state index in [4.69, 9.17) is 0 Å². The molecule has 1 saturated heterocycles. The Balaban J connectivity index is 1.71. The van der Waals surface area contributed by atoms with Crippen molar-refractivity contribution < 1.29 is 5.11 Å². The molecule has 6 heteroatoms. The number of likely N-dealkylation sites (tertiary alicyclic amines) is 1. The lowest BCUT2D eigenvalue weighted by Crippen LogP contribution is -2.51. The first-order valence-electron chi connectivity index (χ1n) is 7.74. The Morgan fingerprint density at radius 3 is 3.05 bits per heavy atom. The number of H-pyrrole nitrogens is 1. The summed E-state index contributed by atoms with van der Waals surface area (Å²) in [5.74, 6) is 0.382. The molecule has 2 aromatic heterocycles. The van der Waals surface area contributed by atoms with Crippen LogP contribution in [0, 0.1) is 5.92 Å². The van der Waals surface area contributed by atoms with Crippen molar-refractivity contribution in [3.8, 4) is 10.6 Å². The van der Waals surface area contributed by atoms with Crippen LogP contribution in [0.3, 0.4) is 0 Å². The zero-order valence-corrected chi connectivity index (χ0v) is 14.0. The summed E-state index contributed by atoms with van der Waals surface area (Å²) >= 11 is 1.74. The number of aliphatic hydroxyl groups excluding tert-OH is 1. The number of aromatic amines is 1. The molecule has 0 bridgehead atoms. The molecule has 0 amide bonds. The van der Waals surface area contributed by atoms with E-state index in [1.54, 1.807) is 11.3 Å². The fourth-order valence-corrected chi connectivity index (χ4v) is 4.05. The minimum absolute atomic E-state index is 0.281. The molecule has 2 atom stereocenters. The highest BCUT2D eigenvalue weighted by Gasteiger charge is 2.30. The highest BCUT2D eigenvalue weighted by molar-refractivity contribution is 7.13. The van der Waals surface area contributed by atoms with Gasteiger partial charge in [-0.15, -0.1) is 11.3 Å². The highest BCUT2D eigenvalue weighted by atomic mass is 32.1. The quantitative estimate of drug-likeness (QED) is 0.883. The first-order chi connectivity index (χ1) is 10.7. The number of aromatic nitrogens is 2. The summed E-state index contributed by atoms with van der Waals surface area (Å²) in [6.45, 7) is 3.22. The van der Waals surface area contributed by atoms with E-state index in [0.717, 1.165) is 31.7 Å². The van der Waals surface area contributed by atoms with Gasteiger partial charge in [0.2, 0.25) is 0 Å². The van der Waals surface area contributed by atoms with Crippen molar-refractivity contribution in [2.24, 2.45) is 5.92 Å². The smallest absolute Gasteiger partial charge is 0.0794 e. The summed E-state index contributed by atoms with van der Waals surface area (Å²) in [7, 11) is 4.21. The average Bonchev–Trinajstić information content (AvgIpc) is 3.17. The van der Waals surface area contributed by atoms with Crippen LogP contribution in [0.25, 0.3) is 10.6 Å². The highest BCUT2D eigenvalue weighted by Crippen LogP contribution is 2.28. The van der Waals surface area contributed by atoms with Crippen LogP contribution in [0.15, 0.2) is 23.7 Å². The van der Waals surface area contributed by atoms with E-state index in [0.29, 0.717) is 12.0 Å². The topological polar surface area (TPSA) is 55.4 Å². The number of hydrogen-bond donors (Lipinski definition) is 2. The van der Waals surface area contributed by atoms with Crippen LogP contribution < -0.4 is 0 Å². The van der Waals surface area contributed by atoms with Crippen molar-refractivity contribution >= 4 is 11.3 Å². The number of nitrogens with zero attached hydrogens (tertiary/aromatic N) is 3. The van der Waals surface area contributed by atoms with Crippen LogP contribution in [-0.4, -0.2) is 64.9 Å². The minimum atomic E-state index is 0.281. The fraction of sp³-hybridized carbons (Fsp3) is 0.562. The average molecular weight is 320 g/mol. The van der Waals surface area contributed by atoms with E-state index >= 15 is 0 Å². The Kier molecular flexibility index (Phi) is 4.93. The number of rotatable bonds is 5. The van der Waals surface area contributed by atoms with Gasteiger partial charge in [-0.3, -0.25) is 10.00 Å². The molecule has 0 spiro atoms. The summed E-state index contributed by atoms with van der Waals surface area (Å²) < 4.78 is 0. The first kappa shape index (κ1) is 15.7. The predicted molar refractivity (Wildman–Crippen MR) is 89.8 cm³/mol. The molecule has 1 fully saturated rings. The molecule has 0 aromatic carbocycles. The first-order valence-corrected chi connectivity index (χ1v) is 8.62. The van der Waals surface area contributed by atoms with Crippen LogP contribution in [0.1, 0.15) is 12.0 Å². The third-order valence-electron chi connectivity index (χ3n) is 4.58. The minimum Gasteiger partial charge on any atom is -0.396 e. The maximum absolute atomic E-state index is 9.56. The summed E-state index contributed by atoms with van der Waals surface area (Å²) in [4.78, 5) is 5.95. The van der Waals surface area contributed by atoms with Crippen molar-refractivity contribution in [3.63, 3.8) is 0 Å². The van der Waals surface area contributed by atoms with Gasteiger partial charge < -0.3 is 10.0 Å². The number of aliphatic hydroxyl groups is 1. The molecule has 2 N–H and O–H groups in total. The van der Waals surface area contributed by atoms with Gasteiger partial charge in [0.15, 0.2) is 0 Å². The van der Waals surface area contributed by atoms with Gasteiger partial charge in [0, 0.05) is 31.3 Å². The largest absolute Gasteiger partial charge is 0.396 e. The van der Waals surface area contributed by atoms with Crippen LogP contribution in [0.5, 0.6) is 0 Å². The fourth-order valence-electron chi connectivity index (χ4n) is 3.29. The lowest BCUT2D eigenvalue weighted by molar-refractivity contribution is 0.0461. The van der Waals surface area contributed by atoms with Crippen molar-refractivity contribution in [2.75, 3.05) is 33.8 Å². The molecule has 22 heavy (non-hydrogen) atoms. The second-order valence-electron chi connectivity index (χ2n) is 6.24. The molecule has 120 valence electrons. The molecule has 0 saturated carbocycles. The van der Waals surface area contributed by atoms with Gasteiger partial charge in [0.1, 0.15) is 0 Å². The SMILES string of the molecule is CN(C)[C@@H]1CN(Cc2cn[nH]c2-c2cccs2)CC[C@@H]1CO. The van der Waals surface area contributed by atoms with Gasteiger partial charge in [0.25, 0.3) is 0 Å². The maximum Gasteiger partial charge on any atom is 0.0794 e. The van der Waals surface area contributed by atoms with Crippen molar-refractivity contribution in [1.29, 1.82) is 0 Å². The summed E-state index contributed by atoms with van der Waals surface area (Å²) in [5, 5.41) is 19.0. The van der Waals surface area contributed by atoms with Gasteiger partial charge >= 0.3 is 0 Å². The second kappa shape index (κ2) is 6.91. The van der Waals surface area contributed by atoms with Crippen molar-refractivity contribution in [1.82, 2.24) is 20.0 Å². The normalized spacial score (nSPS) is 23.3. The van der Waals surface area contributed by atoms with Gasteiger partial charge in [-0.2, -0.15) is 5.10 Å². The van der Waals surface area contributed by atoms with Crippen molar-refractivity contribution in [2.45, 2.75) is 19.0 Å². The molecular weight excluding hydrogens is 296 g/mol. The number of piperidine rings is 1. The van der Waals surface area contributed by atoms with E-state index in [1.807, 2.05) is 6.20 Å². The Bertz CT molecular complexity index is 581. The number of likely N-dealkylation sites (N-methyl/N-ethyl adjacent to an activating group) is 1. The van der Waals surface area contributed by atoms with E-state index in [2.05, 4.69) is 51.6 Å². The monoisotopic (exact) mass is 320 g/mol. The molecule has 0 aliphatic carbocycles. The second-order valence-corrected chi connectivity index (χ2v) is 7.19. The molecule has 2 aromatic rings. The molecule has 1 aliphatic heterocycles. The van der Waals surface area contributed by atoms with E-state index in [-0.39, 0.29) is 6.61 Å². The van der Waals surface area contributed by atoms with E-state index in [9.17, 15) is 5.11 Å². The summed E-state index contributed by atoms with van der Waals surface area (Å²) in [6.07, 6.45) is 2.99. The Morgan fingerprint density at radius 2 is 2.36 bits per heavy atom. The zero-order valence-electron chi connectivity index (χ0n) is 13.2. The van der Waals surface area contributed by atoms with E-state index in [1.165, 1.54) is 10.4 Å². The van der Waals surface area contributed by atoms with Gasteiger partial charge in [0.05, 0.1) is 16.8 Å². The lowest BCUT2D eigenvalue weighted by Gasteiger charge is -2.41. The zero-order chi connectivity index (χ0) is 15.5. The van der Waals surface area contributed by atoms with Gasteiger partial charge in [-0.1, -0.05) is 6.07 Å². The molecule has 0 radical (unpaired) electrons. The Hall–Kier alpha value is -1.21. The third kappa shape index (κ3) is 3.25. The van der Waals surface area contributed by atoms with Crippen molar-refractivity contribution in [3.05, 3.63) is 29.3 Å². The molecule has 3 heterocycles. The maximum atomic E-state index is 9.56. The molecule has 0 unspecified atom stereocenters. The Labute approximate surface area is 135 Å². The standard InChI is InChI=1S/C16H24N4OS/c1-19(2)14-10-20(6-5-12(14)11-21)9-13-8-17-18-16(13)15-4-3-7-22-15/h3-4,7-8,12,14,21H,5-6,9-11H2,1-2H3,(H,17,18)/t12-,14-/m1/s1. The predicted octanol–water partition coefficient (Wildman–Crippen LogP) is 1.88. The third-order valence-corrected chi connectivity index (χ3v) is 5.47. The molecule has 5 nitrogen and oxygen atoms in total. The lowest BCUT2D eigenvalue weighted by atomic mass is 9.91. The van der Waals surface area contributed by atoms with Crippen LogP contribution in [0.2, 0.25) is 0 Å².